The van der Waals surface area contributed by atoms with Gasteiger partial charge in [0.2, 0.25) is 0 Å². The molecule has 0 saturated heterocycles. The van der Waals surface area contributed by atoms with Gasteiger partial charge in [-0.1, -0.05) is 11.6 Å². The van der Waals surface area contributed by atoms with Crippen LogP contribution < -0.4 is 5.56 Å². The van der Waals surface area contributed by atoms with Crippen LogP contribution in [-0.4, -0.2) is 9.97 Å². The maximum Gasteiger partial charge on any atom is 0.252 e. The summed E-state index contributed by atoms with van der Waals surface area (Å²) in [7, 11) is 0. The maximum absolute atomic E-state index is 12.4. The van der Waals surface area contributed by atoms with E-state index in [1.165, 1.54) is 0 Å². The summed E-state index contributed by atoms with van der Waals surface area (Å²) in [5.41, 5.74) is 3.93. The number of nitrogens with one attached hydrogen (secondary N) is 1. The first kappa shape index (κ1) is 14.5. The first-order chi connectivity index (χ1) is 11.0. The molecule has 3 heterocycles. The molecule has 4 rings (SSSR count). The van der Waals surface area contributed by atoms with Crippen LogP contribution in [0.2, 0.25) is 5.02 Å². The summed E-state index contributed by atoms with van der Waals surface area (Å²) in [6.07, 6.45) is 3.41. The normalized spacial score (nSPS) is 11.4. The molecule has 6 heteroatoms. The lowest BCUT2D eigenvalue weighted by atomic mass is 10.0. The Hall–Kier alpha value is -2.11. The summed E-state index contributed by atoms with van der Waals surface area (Å²) in [5.74, 6) is 0. The molecule has 0 unspecified atom stereocenters. The van der Waals surface area contributed by atoms with E-state index in [4.69, 9.17) is 16.0 Å². The standard InChI is InChI=1S/C17H10BrClN2O2/c1-8-14(9-4-10(18)7-20-6-9)16-15(21-17(8)22)12-5-11(19)2-3-13(12)23-16/h2-7H,1H3,(H,21,22). The Morgan fingerprint density at radius 2 is 2.09 bits per heavy atom. The number of furan rings is 1. The number of hydrogen-bond donors (Lipinski definition) is 1. The fraction of sp³-hybridized carbons (Fsp3) is 0.0588. The lowest BCUT2D eigenvalue weighted by molar-refractivity contribution is 0.668. The van der Waals surface area contributed by atoms with Crippen LogP contribution in [0.4, 0.5) is 0 Å². The molecule has 1 N–H and O–H groups in total. The molecule has 3 aromatic heterocycles. The number of rotatable bonds is 1. The molecule has 0 saturated carbocycles. The van der Waals surface area contributed by atoms with E-state index in [-0.39, 0.29) is 5.56 Å². The number of hydrogen-bond acceptors (Lipinski definition) is 3. The summed E-state index contributed by atoms with van der Waals surface area (Å²) in [5, 5.41) is 1.38. The van der Waals surface area contributed by atoms with E-state index in [1.54, 1.807) is 37.5 Å². The molecular weight excluding hydrogens is 380 g/mol. The van der Waals surface area contributed by atoms with Crippen LogP contribution in [-0.2, 0) is 0 Å². The van der Waals surface area contributed by atoms with Gasteiger partial charge in [0, 0.05) is 44.0 Å². The van der Waals surface area contributed by atoms with Crippen LogP contribution in [0.5, 0.6) is 0 Å². The second-order valence-corrected chi connectivity index (χ2v) is 6.64. The van der Waals surface area contributed by atoms with Crippen LogP contribution >= 0.6 is 27.5 Å². The predicted molar refractivity (Wildman–Crippen MR) is 95.0 cm³/mol. The largest absolute Gasteiger partial charge is 0.454 e. The highest BCUT2D eigenvalue weighted by molar-refractivity contribution is 9.10. The van der Waals surface area contributed by atoms with E-state index in [2.05, 4.69) is 25.9 Å². The van der Waals surface area contributed by atoms with Crippen molar-refractivity contribution in [2.24, 2.45) is 0 Å². The van der Waals surface area contributed by atoms with Crippen molar-refractivity contribution >= 4 is 49.6 Å². The second kappa shape index (κ2) is 5.22. The van der Waals surface area contributed by atoms with Gasteiger partial charge >= 0.3 is 0 Å². The Labute approximate surface area is 144 Å². The zero-order chi connectivity index (χ0) is 16.1. The summed E-state index contributed by atoms with van der Waals surface area (Å²) < 4.78 is 6.83. The van der Waals surface area contributed by atoms with Crippen LogP contribution in [0.3, 0.4) is 0 Å². The third-order valence-corrected chi connectivity index (χ3v) is 4.49. The van der Waals surface area contributed by atoms with Gasteiger partial charge in [-0.3, -0.25) is 9.78 Å². The SMILES string of the molecule is Cc1c(-c2cncc(Br)c2)c2oc3ccc(Cl)cc3c2[nH]c1=O. The molecule has 0 spiro atoms. The molecule has 0 fully saturated rings. The molecule has 0 bridgehead atoms. The van der Waals surface area contributed by atoms with Gasteiger partial charge in [0.05, 0.1) is 5.52 Å². The number of benzene rings is 1. The smallest absolute Gasteiger partial charge is 0.252 e. The summed E-state index contributed by atoms with van der Waals surface area (Å²) >= 11 is 9.49. The van der Waals surface area contributed by atoms with E-state index in [0.717, 1.165) is 21.0 Å². The minimum Gasteiger partial charge on any atom is -0.454 e. The zero-order valence-electron chi connectivity index (χ0n) is 12.0. The molecule has 114 valence electrons. The molecule has 0 radical (unpaired) electrons. The van der Waals surface area contributed by atoms with Gasteiger partial charge in [0.25, 0.3) is 5.56 Å². The number of aromatic amines is 1. The molecule has 23 heavy (non-hydrogen) atoms. The topological polar surface area (TPSA) is 58.9 Å². The average molecular weight is 390 g/mol. The first-order valence-electron chi connectivity index (χ1n) is 6.90. The third-order valence-electron chi connectivity index (χ3n) is 3.82. The number of aromatic nitrogens is 2. The zero-order valence-corrected chi connectivity index (χ0v) is 14.3. The van der Waals surface area contributed by atoms with Crippen molar-refractivity contribution in [1.82, 2.24) is 9.97 Å². The molecule has 4 aromatic rings. The predicted octanol–water partition coefficient (Wildman–Crippen LogP) is 5.06. The molecule has 0 atom stereocenters. The van der Waals surface area contributed by atoms with Crippen molar-refractivity contribution in [3.63, 3.8) is 0 Å². The molecule has 0 aliphatic heterocycles. The van der Waals surface area contributed by atoms with Gasteiger partial charge in [-0.05, 0) is 47.1 Å². The fourth-order valence-electron chi connectivity index (χ4n) is 2.76. The summed E-state index contributed by atoms with van der Waals surface area (Å²) in [4.78, 5) is 19.5. The van der Waals surface area contributed by atoms with Gasteiger partial charge in [-0.15, -0.1) is 0 Å². The highest BCUT2D eigenvalue weighted by atomic mass is 79.9. The Balaban J connectivity index is 2.20. The molecule has 0 aliphatic rings. The molecule has 0 amide bonds. The van der Waals surface area contributed by atoms with Crippen molar-refractivity contribution < 1.29 is 4.42 Å². The van der Waals surface area contributed by atoms with E-state index in [9.17, 15) is 4.79 Å². The Kier molecular flexibility index (Phi) is 3.28. The minimum absolute atomic E-state index is 0.157. The second-order valence-electron chi connectivity index (χ2n) is 5.29. The Morgan fingerprint density at radius 1 is 1.26 bits per heavy atom. The number of fused-ring (bicyclic) bond motifs is 3. The first-order valence-corrected chi connectivity index (χ1v) is 8.07. The van der Waals surface area contributed by atoms with Gasteiger partial charge in [0.1, 0.15) is 5.58 Å². The highest BCUT2D eigenvalue weighted by Gasteiger charge is 2.18. The van der Waals surface area contributed by atoms with E-state index >= 15 is 0 Å². The van der Waals surface area contributed by atoms with Gasteiger partial charge < -0.3 is 9.40 Å². The average Bonchev–Trinajstić information content (AvgIpc) is 2.86. The lowest BCUT2D eigenvalue weighted by Gasteiger charge is -2.06. The number of halogens is 2. The van der Waals surface area contributed by atoms with Crippen molar-refractivity contribution in [3.05, 3.63) is 62.1 Å². The van der Waals surface area contributed by atoms with Crippen molar-refractivity contribution in [1.29, 1.82) is 0 Å². The summed E-state index contributed by atoms with van der Waals surface area (Å²) in [6.45, 7) is 1.77. The van der Waals surface area contributed by atoms with E-state index in [0.29, 0.717) is 27.3 Å². The van der Waals surface area contributed by atoms with E-state index < -0.39 is 0 Å². The quantitative estimate of drug-likeness (QED) is 0.495. The Bertz CT molecular complexity index is 1130. The maximum atomic E-state index is 12.4. The van der Waals surface area contributed by atoms with Crippen molar-refractivity contribution in [2.75, 3.05) is 0 Å². The molecule has 1 aromatic carbocycles. The Morgan fingerprint density at radius 3 is 2.87 bits per heavy atom. The number of nitrogens with zero attached hydrogens (tertiary/aromatic N) is 1. The van der Waals surface area contributed by atoms with E-state index in [1.807, 2.05) is 6.07 Å². The van der Waals surface area contributed by atoms with Gasteiger partial charge in [0.15, 0.2) is 5.58 Å². The summed E-state index contributed by atoms with van der Waals surface area (Å²) in [6, 6.07) is 7.26. The fourth-order valence-corrected chi connectivity index (χ4v) is 3.29. The van der Waals surface area contributed by atoms with Crippen LogP contribution in [0.1, 0.15) is 5.56 Å². The van der Waals surface area contributed by atoms with Crippen molar-refractivity contribution in [2.45, 2.75) is 6.92 Å². The monoisotopic (exact) mass is 388 g/mol. The van der Waals surface area contributed by atoms with Gasteiger partial charge in [-0.25, -0.2) is 0 Å². The van der Waals surface area contributed by atoms with Crippen molar-refractivity contribution in [3.8, 4) is 11.1 Å². The molecule has 0 aliphatic carbocycles. The molecule has 4 nitrogen and oxygen atoms in total. The van der Waals surface area contributed by atoms with Crippen LogP contribution in [0.15, 0.2) is 50.3 Å². The number of H-pyrrole nitrogens is 1. The van der Waals surface area contributed by atoms with Crippen LogP contribution in [0.25, 0.3) is 33.2 Å². The highest BCUT2D eigenvalue weighted by Crippen LogP contribution is 2.36. The van der Waals surface area contributed by atoms with Gasteiger partial charge in [-0.2, -0.15) is 0 Å². The third kappa shape index (κ3) is 2.28. The van der Waals surface area contributed by atoms with Crippen LogP contribution in [0, 0.1) is 6.92 Å². The molecular formula is C17H10BrClN2O2. The lowest BCUT2D eigenvalue weighted by Crippen LogP contribution is -2.10. The minimum atomic E-state index is -0.157. The number of pyridine rings is 2.